The van der Waals surface area contributed by atoms with E-state index in [0.29, 0.717) is 17.9 Å². The summed E-state index contributed by atoms with van der Waals surface area (Å²) in [4.78, 5) is 4.16. The van der Waals surface area contributed by atoms with Gasteiger partial charge in [-0.05, 0) is 33.6 Å². The van der Waals surface area contributed by atoms with Crippen LogP contribution in [0.4, 0.5) is 4.39 Å². The van der Waals surface area contributed by atoms with Gasteiger partial charge in [0.25, 0.3) is 0 Å². The van der Waals surface area contributed by atoms with Gasteiger partial charge in [0.05, 0.1) is 25.1 Å². The lowest BCUT2D eigenvalue weighted by Crippen LogP contribution is -2.25. The first-order valence-corrected chi connectivity index (χ1v) is 6.62. The molecular formula is C15H19FN2O2. The maximum Gasteiger partial charge on any atom is 0.201 e. The number of pyridine rings is 1. The van der Waals surface area contributed by atoms with Crippen molar-refractivity contribution in [1.82, 2.24) is 4.98 Å². The fourth-order valence-electron chi connectivity index (χ4n) is 2.22. The summed E-state index contributed by atoms with van der Waals surface area (Å²) in [7, 11) is 1.47. The number of methoxy groups -OCH3 is 1. The Hall–Kier alpha value is -1.83. The van der Waals surface area contributed by atoms with Crippen LogP contribution in [0.15, 0.2) is 6.20 Å². The van der Waals surface area contributed by atoms with E-state index in [1.165, 1.54) is 7.11 Å². The molecule has 1 heterocycles. The molecule has 1 aliphatic carbocycles. The quantitative estimate of drug-likeness (QED) is 0.847. The molecule has 1 aliphatic rings. The molecule has 1 saturated carbocycles. The highest BCUT2D eigenvalue weighted by Gasteiger charge is 2.48. The van der Waals surface area contributed by atoms with Gasteiger partial charge in [-0.1, -0.05) is 0 Å². The molecule has 108 valence electrons. The van der Waals surface area contributed by atoms with E-state index in [0.717, 1.165) is 19.0 Å². The Morgan fingerprint density at radius 3 is 2.50 bits per heavy atom. The fourth-order valence-corrected chi connectivity index (χ4v) is 2.22. The topological polar surface area (TPSA) is 55.1 Å². The molecule has 0 aliphatic heterocycles. The second-order valence-corrected chi connectivity index (χ2v) is 6.15. The molecule has 0 bridgehead atoms. The molecule has 5 heteroatoms. The van der Waals surface area contributed by atoms with Crippen LogP contribution in [0.2, 0.25) is 0 Å². The third-order valence-corrected chi connectivity index (χ3v) is 3.33. The Balaban J connectivity index is 2.50. The summed E-state index contributed by atoms with van der Waals surface area (Å²) in [6.45, 7) is 5.52. The van der Waals surface area contributed by atoms with Crippen molar-refractivity contribution in [3.05, 3.63) is 17.7 Å². The van der Waals surface area contributed by atoms with Crippen molar-refractivity contribution in [2.75, 3.05) is 7.11 Å². The summed E-state index contributed by atoms with van der Waals surface area (Å²) in [6, 6.07) is 2.17. The molecule has 0 saturated heterocycles. The minimum Gasteiger partial charge on any atom is -0.491 e. The summed E-state index contributed by atoms with van der Waals surface area (Å²) in [5.41, 5.74) is -0.218. The van der Waals surface area contributed by atoms with Crippen molar-refractivity contribution in [3.63, 3.8) is 0 Å². The normalized spacial score (nSPS) is 16.4. The highest BCUT2D eigenvalue weighted by Crippen LogP contribution is 2.54. The second kappa shape index (κ2) is 4.93. The first kappa shape index (κ1) is 14.6. The van der Waals surface area contributed by atoms with Crippen molar-refractivity contribution in [2.24, 2.45) is 0 Å². The first-order chi connectivity index (χ1) is 9.33. The van der Waals surface area contributed by atoms with Crippen molar-refractivity contribution in [2.45, 2.75) is 51.0 Å². The van der Waals surface area contributed by atoms with Gasteiger partial charge in [0, 0.05) is 11.8 Å². The zero-order valence-corrected chi connectivity index (χ0v) is 12.3. The number of hydrogen-bond donors (Lipinski definition) is 0. The zero-order chi connectivity index (χ0) is 15.0. The van der Waals surface area contributed by atoms with Gasteiger partial charge in [0.15, 0.2) is 11.6 Å². The molecule has 20 heavy (non-hydrogen) atoms. The van der Waals surface area contributed by atoms with Crippen LogP contribution >= 0.6 is 0 Å². The largest absolute Gasteiger partial charge is 0.491 e. The molecule has 0 N–H and O–H groups in total. The molecule has 1 fully saturated rings. The lowest BCUT2D eigenvalue weighted by molar-refractivity contribution is 0.118. The summed E-state index contributed by atoms with van der Waals surface area (Å²) in [5, 5.41) is 8.95. The molecule has 1 aromatic rings. The van der Waals surface area contributed by atoms with E-state index in [4.69, 9.17) is 14.7 Å². The Morgan fingerprint density at radius 2 is 2.05 bits per heavy atom. The van der Waals surface area contributed by atoms with E-state index in [2.05, 4.69) is 11.1 Å². The molecule has 1 aromatic heterocycles. The summed E-state index contributed by atoms with van der Waals surface area (Å²) >= 11 is 0. The average molecular weight is 278 g/mol. The number of rotatable bonds is 4. The van der Waals surface area contributed by atoms with E-state index in [1.54, 1.807) is 0 Å². The molecular weight excluding hydrogens is 259 g/mol. The predicted octanol–water partition coefficient (Wildman–Crippen LogP) is 3.35. The molecule has 2 rings (SSSR count). The molecule has 4 nitrogen and oxygen atoms in total. The van der Waals surface area contributed by atoms with E-state index < -0.39 is 11.4 Å². The molecule has 0 radical (unpaired) electrons. The number of hydrogen-bond acceptors (Lipinski definition) is 4. The Kier molecular flexibility index (Phi) is 3.59. The van der Waals surface area contributed by atoms with Gasteiger partial charge in [-0.15, -0.1) is 0 Å². The standard InChI is InChI=1S/C15H19FN2O2/c1-14(2,3)20-11-10(16)9-18-13(12(11)19-4)15(5-6-15)7-8-17/h9H,5-7H2,1-4H3. The highest BCUT2D eigenvalue weighted by atomic mass is 19.1. The fraction of sp³-hybridized carbons (Fsp3) is 0.600. The summed E-state index contributed by atoms with van der Waals surface area (Å²) in [5.74, 6) is -0.157. The number of ether oxygens (including phenoxy) is 2. The first-order valence-electron chi connectivity index (χ1n) is 6.62. The Labute approximate surface area is 118 Å². The van der Waals surface area contributed by atoms with Crippen LogP contribution < -0.4 is 9.47 Å². The van der Waals surface area contributed by atoms with Gasteiger partial charge in [-0.3, -0.25) is 4.98 Å². The van der Waals surface area contributed by atoms with Gasteiger partial charge in [0.1, 0.15) is 5.60 Å². The van der Waals surface area contributed by atoms with Crippen LogP contribution in [0.3, 0.4) is 0 Å². The lowest BCUT2D eigenvalue weighted by atomic mass is 9.97. The van der Waals surface area contributed by atoms with Crippen molar-refractivity contribution < 1.29 is 13.9 Å². The highest BCUT2D eigenvalue weighted by molar-refractivity contribution is 5.49. The molecule has 0 amide bonds. The summed E-state index contributed by atoms with van der Waals surface area (Å²) in [6.07, 6.45) is 3.24. The van der Waals surface area contributed by atoms with Crippen LogP contribution in [-0.4, -0.2) is 17.7 Å². The van der Waals surface area contributed by atoms with E-state index in [9.17, 15) is 4.39 Å². The zero-order valence-electron chi connectivity index (χ0n) is 12.3. The van der Waals surface area contributed by atoms with E-state index in [1.807, 2.05) is 20.8 Å². The van der Waals surface area contributed by atoms with Crippen molar-refractivity contribution in [3.8, 4) is 17.6 Å². The Morgan fingerprint density at radius 1 is 1.40 bits per heavy atom. The van der Waals surface area contributed by atoms with Crippen molar-refractivity contribution in [1.29, 1.82) is 5.26 Å². The Bertz CT molecular complexity index is 554. The van der Waals surface area contributed by atoms with Crippen LogP contribution in [0.25, 0.3) is 0 Å². The van der Waals surface area contributed by atoms with Crippen molar-refractivity contribution >= 4 is 0 Å². The van der Waals surface area contributed by atoms with E-state index >= 15 is 0 Å². The SMILES string of the molecule is COc1c(C2(CC#N)CC2)ncc(F)c1OC(C)(C)C. The minimum absolute atomic E-state index is 0.0780. The third kappa shape index (κ3) is 2.69. The molecule has 0 unspecified atom stereocenters. The third-order valence-electron chi connectivity index (χ3n) is 3.33. The maximum atomic E-state index is 14.0. The summed E-state index contributed by atoms with van der Waals surface area (Å²) < 4.78 is 25.0. The smallest absolute Gasteiger partial charge is 0.201 e. The monoisotopic (exact) mass is 278 g/mol. The predicted molar refractivity (Wildman–Crippen MR) is 72.3 cm³/mol. The van der Waals surface area contributed by atoms with Crippen LogP contribution in [0.5, 0.6) is 11.5 Å². The van der Waals surface area contributed by atoms with Crippen LogP contribution in [0, 0.1) is 17.1 Å². The number of halogens is 1. The molecule has 0 atom stereocenters. The van der Waals surface area contributed by atoms with Gasteiger partial charge in [0.2, 0.25) is 5.75 Å². The number of aromatic nitrogens is 1. The van der Waals surface area contributed by atoms with Gasteiger partial charge in [-0.25, -0.2) is 4.39 Å². The van der Waals surface area contributed by atoms with Gasteiger partial charge >= 0.3 is 0 Å². The number of nitrogens with zero attached hydrogens (tertiary/aromatic N) is 2. The molecule has 0 aromatic carbocycles. The lowest BCUT2D eigenvalue weighted by Gasteiger charge is -2.25. The van der Waals surface area contributed by atoms with E-state index in [-0.39, 0.29) is 11.2 Å². The average Bonchev–Trinajstić information content (AvgIpc) is 3.11. The van der Waals surface area contributed by atoms with Crippen LogP contribution in [0.1, 0.15) is 45.7 Å². The van der Waals surface area contributed by atoms with Gasteiger partial charge in [-0.2, -0.15) is 5.26 Å². The minimum atomic E-state index is -0.548. The number of nitriles is 1. The van der Waals surface area contributed by atoms with Crippen LogP contribution in [-0.2, 0) is 5.41 Å². The second-order valence-electron chi connectivity index (χ2n) is 6.15. The maximum absolute atomic E-state index is 14.0. The molecule has 0 spiro atoms. The van der Waals surface area contributed by atoms with Gasteiger partial charge < -0.3 is 9.47 Å².